The summed E-state index contributed by atoms with van der Waals surface area (Å²) < 4.78 is 44.1. The lowest BCUT2D eigenvalue weighted by atomic mass is 10.2. The topological polar surface area (TPSA) is 50.6 Å². The first-order chi connectivity index (χ1) is 11.7. The van der Waals surface area contributed by atoms with E-state index in [1.54, 1.807) is 19.3 Å². The molecule has 0 amide bonds. The van der Waals surface area contributed by atoms with Gasteiger partial charge in [0, 0.05) is 25.4 Å². The van der Waals surface area contributed by atoms with Crippen molar-refractivity contribution < 1.29 is 17.9 Å². The minimum absolute atomic E-state index is 0.0667. The second kappa shape index (κ2) is 7.69. The zero-order valence-corrected chi connectivity index (χ0v) is 14.6. The average molecular weight is 373 g/mol. The van der Waals surface area contributed by atoms with Crippen molar-refractivity contribution in [2.24, 2.45) is 4.99 Å². The Balaban J connectivity index is 2.29. The summed E-state index contributed by atoms with van der Waals surface area (Å²) in [5.74, 6) is 0.274. The molecule has 134 valence electrons. The smallest absolute Gasteiger partial charge is 0.417 e. The molecule has 1 heterocycles. The number of hydrogen-bond acceptors (Lipinski definition) is 4. The molecule has 2 aromatic rings. The Kier molecular flexibility index (Phi) is 5.84. The molecule has 25 heavy (non-hydrogen) atoms. The van der Waals surface area contributed by atoms with Crippen molar-refractivity contribution in [1.82, 2.24) is 14.9 Å². The van der Waals surface area contributed by atoms with Crippen LogP contribution in [0.15, 0.2) is 29.3 Å². The summed E-state index contributed by atoms with van der Waals surface area (Å²) in [5, 5.41) is -0.405. The Morgan fingerprint density at radius 3 is 2.64 bits per heavy atom. The summed E-state index contributed by atoms with van der Waals surface area (Å²) in [7, 11) is 1.85. The van der Waals surface area contributed by atoms with Gasteiger partial charge >= 0.3 is 12.2 Å². The Labute approximate surface area is 148 Å². The van der Waals surface area contributed by atoms with Gasteiger partial charge in [0.2, 0.25) is 0 Å². The normalized spacial score (nSPS) is 11.8. The number of rotatable bonds is 5. The second-order valence-corrected chi connectivity index (χ2v) is 5.62. The van der Waals surface area contributed by atoms with Gasteiger partial charge in [-0.1, -0.05) is 11.6 Å². The lowest BCUT2D eigenvalue weighted by Gasteiger charge is -2.11. The molecule has 0 saturated carbocycles. The highest BCUT2D eigenvalue weighted by atomic mass is 35.5. The molecule has 0 N–H and O–H groups in total. The molecular weight excluding hydrogens is 357 g/mol. The van der Waals surface area contributed by atoms with Crippen molar-refractivity contribution in [1.29, 1.82) is 0 Å². The molecule has 1 aromatic carbocycles. The van der Waals surface area contributed by atoms with Crippen molar-refractivity contribution in [2.45, 2.75) is 20.0 Å². The number of ether oxygens (including phenoxy) is 1. The Bertz CT molecular complexity index is 780. The highest BCUT2D eigenvalue weighted by Crippen LogP contribution is 2.37. The largest absolute Gasteiger partial charge is 0.424 e. The van der Waals surface area contributed by atoms with E-state index in [0.717, 1.165) is 18.7 Å². The van der Waals surface area contributed by atoms with E-state index in [2.05, 4.69) is 15.0 Å². The molecule has 2 rings (SSSR count). The van der Waals surface area contributed by atoms with E-state index >= 15 is 0 Å². The van der Waals surface area contributed by atoms with Gasteiger partial charge in [0.05, 0.1) is 16.9 Å². The molecule has 0 radical (unpaired) electrons. The first kappa shape index (κ1) is 19.0. The van der Waals surface area contributed by atoms with E-state index in [-0.39, 0.29) is 11.8 Å². The van der Waals surface area contributed by atoms with Gasteiger partial charge in [-0.3, -0.25) is 0 Å². The number of halogens is 4. The third-order valence-corrected chi connectivity index (χ3v) is 3.49. The number of alkyl halides is 3. The van der Waals surface area contributed by atoms with Crippen molar-refractivity contribution in [2.75, 3.05) is 13.6 Å². The maximum atomic E-state index is 12.9. The van der Waals surface area contributed by atoms with E-state index in [1.165, 1.54) is 6.07 Å². The predicted octanol–water partition coefficient (Wildman–Crippen LogP) is 4.86. The fraction of sp³-hybridized carbons (Fsp3) is 0.312. The van der Waals surface area contributed by atoms with E-state index < -0.39 is 16.8 Å². The number of aryl methyl sites for hydroxylation is 1. The molecule has 0 aliphatic carbocycles. The first-order valence-electron chi connectivity index (χ1n) is 7.33. The fourth-order valence-corrected chi connectivity index (χ4v) is 1.99. The number of aromatic nitrogens is 2. The molecule has 0 bridgehead atoms. The van der Waals surface area contributed by atoms with Crippen molar-refractivity contribution in [3.8, 4) is 11.8 Å². The van der Waals surface area contributed by atoms with Crippen LogP contribution in [0.3, 0.4) is 0 Å². The average Bonchev–Trinajstić information content (AvgIpc) is 2.53. The molecule has 0 fully saturated rings. The predicted molar refractivity (Wildman–Crippen MR) is 89.8 cm³/mol. The third kappa shape index (κ3) is 5.32. The maximum absolute atomic E-state index is 12.9. The van der Waals surface area contributed by atoms with E-state index in [4.69, 9.17) is 16.3 Å². The molecule has 9 heteroatoms. The number of benzene rings is 1. The number of hydrogen-bond donors (Lipinski definition) is 0. The SMILES string of the molecule is CCN(C)/C=N/c1cc(C)nc(Oc2ccc(Cl)c(C(F)(F)F)c2)n1. The van der Waals surface area contributed by atoms with Crippen LogP contribution >= 0.6 is 11.6 Å². The van der Waals surface area contributed by atoms with Gasteiger partial charge in [-0.05, 0) is 32.0 Å². The highest BCUT2D eigenvalue weighted by molar-refractivity contribution is 6.31. The van der Waals surface area contributed by atoms with Crippen LogP contribution in [-0.2, 0) is 6.18 Å². The molecule has 0 atom stereocenters. The van der Waals surface area contributed by atoms with E-state index in [9.17, 15) is 13.2 Å². The summed E-state index contributed by atoms with van der Waals surface area (Å²) in [6.45, 7) is 4.44. The van der Waals surface area contributed by atoms with Gasteiger partial charge in [-0.2, -0.15) is 18.2 Å². The molecular formula is C16H16ClF3N4O. The van der Waals surface area contributed by atoms with Crippen LogP contribution in [0.4, 0.5) is 19.0 Å². The van der Waals surface area contributed by atoms with Crippen LogP contribution in [0.2, 0.25) is 5.02 Å². The van der Waals surface area contributed by atoms with Gasteiger partial charge in [0.1, 0.15) is 5.75 Å². The monoisotopic (exact) mass is 372 g/mol. The summed E-state index contributed by atoms with van der Waals surface area (Å²) in [6.07, 6.45) is -2.99. The van der Waals surface area contributed by atoms with Crippen LogP contribution in [0.1, 0.15) is 18.2 Å². The van der Waals surface area contributed by atoms with E-state index in [1.807, 2.05) is 18.9 Å². The molecule has 5 nitrogen and oxygen atoms in total. The molecule has 0 unspecified atom stereocenters. The molecule has 0 spiro atoms. The van der Waals surface area contributed by atoms with Crippen LogP contribution < -0.4 is 4.74 Å². The Morgan fingerprint density at radius 2 is 2.00 bits per heavy atom. The van der Waals surface area contributed by atoms with Gasteiger partial charge in [0.25, 0.3) is 0 Å². The third-order valence-electron chi connectivity index (χ3n) is 3.16. The molecule has 1 aromatic heterocycles. The Morgan fingerprint density at radius 1 is 1.28 bits per heavy atom. The minimum atomic E-state index is -4.58. The summed E-state index contributed by atoms with van der Waals surface area (Å²) >= 11 is 5.59. The van der Waals surface area contributed by atoms with Crippen LogP contribution in [0.25, 0.3) is 0 Å². The maximum Gasteiger partial charge on any atom is 0.417 e. The van der Waals surface area contributed by atoms with E-state index in [0.29, 0.717) is 11.5 Å². The van der Waals surface area contributed by atoms with Crippen molar-refractivity contribution in [3.05, 3.63) is 40.5 Å². The lowest BCUT2D eigenvalue weighted by Crippen LogP contribution is -2.14. The van der Waals surface area contributed by atoms with Gasteiger partial charge < -0.3 is 9.64 Å². The standard InChI is InChI=1S/C16H16ClF3N4O/c1-4-24(3)9-21-14-7-10(2)22-15(23-14)25-11-5-6-13(17)12(8-11)16(18,19)20/h5-9H,4H2,1-3H3/b21-9+. The fourth-order valence-electron chi connectivity index (χ4n) is 1.77. The second-order valence-electron chi connectivity index (χ2n) is 5.21. The van der Waals surface area contributed by atoms with Gasteiger partial charge in [-0.15, -0.1) is 0 Å². The Hall–Kier alpha value is -2.35. The molecule has 0 saturated heterocycles. The zero-order chi connectivity index (χ0) is 18.6. The van der Waals surface area contributed by atoms with Crippen LogP contribution in [0.5, 0.6) is 11.8 Å². The van der Waals surface area contributed by atoms with Crippen molar-refractivity contribution >= 4 is 23.8 Å². The summed E-state index contributed by atoms with van der Waals surface area (Å²) in [4.78, 5) is 14.2. The molecule has 0 aliphatic rings. The minimum Gasteiger partial charge on any atom is -0.424 e. The van der Waals surface area contributed by atoms with Gasteiger partial charge in [-0.25, -0.2) is 9.98 Å². The zero-order valence-electron chi connectivity index (χ0n) is 13.8. The van der Waals surface area contributed by atoms with Crippen molar-refractivity contribution in [3.63, 3.8) is 0 Å². The quantitative estimate of drug-likeness (QED) is 0.555. The van der Waals surface area contributed by atoms with Crippen LogP contribution in [0, 0.1) is 6.92 Å². The number of nitrogens with zero attached hydrogens (tertiary/aromatic N) is 4. The van der Waals surface area contributed by atoms with Crippen LogP contribution in [-0.4, -0.2) is 34.8 Å². The first-order valence-corrected chi connectivity index (χ1v) is 7.71. The highest BCUT2D eigenvalue weighted by Gasteiger charge is 2.33. The van der Waals surface area contributed by atoms with Gasteiger partial charge in [0.15, 0.2) is 5.82 Å². The summed E-state index contributed by atoms with van der Waals surface area (Å²) in [5.41, 5.74) is -0.413. The lowest BCUT2D eigenvalue weighted by molar-refractivity contribution is -0.137. The molecule has 0 aliphatic heterocycles. The number of aliphatic imine (C=N–C) groups is 1. The summed E-state index contributed by atoms with van der Waals surface area (Å²) in [6, 6.07) is 4.78.